The van der Waals surface area contributed by atoms with Crippen LogP contribution in [-0.4, -0.2) is 22.1 Å². The summed E-state index contributed by atoms with van der Waals surface area (Å²) in [4.78, 5) is 34.5. The van der Waals surface area contributed by atoms with Gasteiger partial charge in [-0.05, 0) is 30.5 Å². The molecule has 1 saturated carbocycles. The molecule has 5 nitrogen and oxygen atoms in total. The summed E-state index contributed by atoms with van der Waals surface area (Å²) in [5, 5.41) is 5.05. The Bertz CT molecular complexity index is 643. The van der Waals surface area contributed by atoms with Gasteiger partial charge in [-0.2, -0.15) is 0 Å². The predicted octanol–water partition coefficient (Wildman–Crippen LogP) is 2.02. The van der Waals surface area contributed by atoms with Crippen molar-refractivity contribution in [3.8, 4) is 0 Å². The molecule has 3 rings (SSSR count). The summed E-state index contributed by atoms with van der Waals surface area (Å²) >= 11 is 11.7. The van der Waals surface area contributed by atoms with Gasteiger partial charge in [0.15, 0.2) is 0 Å². The molecule has 3 amide bonds. The lowest BCUT2D eigenvalue weighted by Gasteiger charge is -2.08. The quantitative estimate of drug-likeness (QED) is 0.650. The van der Waals surface area contributed by atoms with Crippen LogP contribution in [0.25, 0.3) is 0 Å². The number of hydrogen-bond donors (Lipinski definition) is 2. The molecule has 2 fully saturated rings. The van der Waals surface area contributed by atoms with E-state index in [-0.39, 0.29) is 36.0 Å². The van der Waals surface area contributed by atoms with Gasteiger partial charge >= 0.3 is 0 Å². The number of carbonyl (C=O) groups excluding carboxylic acids is 3. The molecule has 0 aromatic heterocycles. The highest BCUT2D eigenvalue weighted by Gasteiger charge is 2.56. The zero-order valence-electron chi connectivity index (χ0n) is 11.6. The lowest BCUT2D eigenvalue weighted by atomic mass is 9.98. The molecule has 1 aliphatic carbocycles. The average molecular weight is 341 g/mol. The van der Waals surface area contributed by atoms with Gasteiger partial charge in [-0.25, -0.2) is 0 Å². The van der Waals surface area contributed by atoms with Crippen LogP contribution in [0.2, 0.25) is 0 Å². The fourth-order valence-electron chi connectivity index (χ4n) is 2.51. The Morgan fingerprint density at radius 2 is 1.91 bits per heavy atom. The summed E-state index contributed by atoms with van der Waals surface area (Å²) in [6.07, 6.45) is 1.19. The first-order valence-corrected chi connectivity index (χ1v) is 7.72. The molecule has 2 atom stereocenters. The van der Waals surface area contributed by atoms with Crippen LogP contribution in [0.15, 0.2) is 24.3 Å². The smallest absolute Gasteiger partial charge is 0.230 e. The van der Waals surface area contributed by atoms with E-state index in [1.54, 1.807) is 12.1 Å². The Morgan fingerprint density at radius 3 is 2.41 bits per heavy atom. The maximum Gasteiger partial charge on any atom is 0.230 e. The minimum Gasteiger partial charge on any atom is -0.326 e. The van der Waals surface area contributed by atoms with Gasteiger partial charge in [-0.1, -0.05) is 12.1 Å². The van der Waals surface area contributed by atoms with E-state index in [0.717, 1.165) is 5.56 Å². The number of rotatable bonds is 4. The van der Waals surface area contributed by atoms with Crippen molar-refractivity contribution in [2.24, 2.45) is 11.8 Å². The molecule has 1 saturated heterocycles. The second-order valence-electron chi connectivity index (χ2n) is 5.72. The Kier molecular flexibility index (Phi) is 3.87. The van der Waals surface area contributed by atoms with Crippen LogP contribution in [0.5, 0.6) is 0 Å². The number of carbonyl (C=O) groups is 3. The molecule has 7 heteroatoms. The molecule has 0 radical (unpaired) electrons. The van der Waals surface area contributed by atoms with E-state index in [1.807, 2.05) is 12.1 Å². The van der Waals surface area contributed by atoms with Gasteiger partial charge in [-0.3, -0.25) is 19.7 Å². The van der Waals surface area contributed by atoms with Crippen molar-refractivity contribution in [1.82, 2.24) is 5.32 Å². The van der Waals surface area contributed by atoms with Crippen molar-refractivity contribution in [2.45, 2.75) is 23.6 Å². The zero-order chi connectivity index (χ0) is 15.9. The largest absolute Gasteiger partial charge is 0.326 e. The van der Waals surface area contributed by atoms with Gasteiger partial charge in [0.25, 0.3) is 0 Å². The number of hydrogen-bond acceptors (Lipinski definition) is 3. The molecule has 2 aliphatic rings. The topological polar surface area (TPSA) is 75.3 Å². The van der Waals surface area contributed by atoms with Crippen LogP contribution in [-0.2, 0) is 20.8 Å². The van der Waals surface area contributed by atoms with Crippen molar-refractivity contribution < 1.29 is 14.4 Å². The third-order valence-corrected chi connectivity index (χ3v) is 4.75. The molecule has 0 unspecified atom stereocenters. The molecule has 1 aromatic rings. The minimum absolute atomic E-state index is 0.196. The second kappa shape index (κ2) is 5.56. The maximum atomic E-state index is 11.9. The highest BCUT2D eigenvalue weighted by molar-refractivity contribution is 6.52. The number of imide groups is 1. The second-order valence-corrected chi connectivity index (χ2v) is 7.26. The van der Waals surface area contributed by atoms with Crippen LogP contribution >= 0.6 is 23.2 Å². The highest BCUT2D eigenvalue weighted by Crippen LogP contribution is 2.53. The normalized spacial score (nSPS) is 25.7. The van der Waals surface area contributed by atoms with Crippen LogP contribution in [0.1, 0.15) is 18.4 Å². The van der Waals surface area contributed by atoms with E-state index in [0.29, 0.717) is 18.5 Å². The van der Waals surface area contributed by atoms with Gasteiger partial charge in [0, 0.05) is 12.1 Å². The SMILES string of the molecule is O=C1C[C@@H](Cc2ccc(NC(=O)[C@@H]3CC3(Cl)Cl)cc2)C(=O)N1. The summed E-state index contributed by atoms with van der Waals surface area (Å²) in [6.45, 7) is 0. The first kappa shape index (κ1) is 15.3. The van der Waals surface area contributed by atoms with E-state index in [2.05, 4.69) is 10.6 Å². The van der Waals surface area contributed by atoms with Crippen molar-refractivity contribution in [3.05, 3.63) is 29.8 Å². The van der Waals surface area contributed by atoms with Gasteiger partial charge in [0.1, 0.15) is 4.33 Å². The number of benzene rings is 1. The van der Waals surface area contributed by atoms with Crippen LogP contribution in [0.3, 0.4) is 0 Å². The zero-order valence-corrected chi connectivity index (χ0v) is 13.1. The van der Waals surface area contributed by atoms with Gasteiger partial charge in [-0.15, -0.1) is 23.2 Å². The molecule has 116 valence electrons. The van der Waals surface area contributed by atoms with Gasteiger partial charge < -0.3 is 5.32 Å². The van der Waals surface area contributed by atoms with Crippen LogP contribution in [0.4, 0.5) is 5.69 Å². The van der Waals surface area contributed by atoms with Crippen LogP contribution < -0.4 is 10.6 Å². The lowest BCUT2D eigenvalue weighted by Crippen LogP contribution is -2.22. The Hall–Kier alpha value is -1.59. The molecule has 0 spiro atoms. The summed E-state index contributed by atoms with van der Waals surface area (Å²) in [7, 11) is 0. The van der Waals surface area contributed by atoms with Crippen molar-refractivity contribution >= 4 is 46.6 Å². The van der Waals surface area contributed by atoms with E-state index >= 15 is 0 Å². The highest BCUT2D eigenvalue weighted by atomic mass is 35.5. The van der Waals surface area contributed by atoms with Crippen molar-refractivity contribution in [1.29, 1.82) is 0 Å². The van der Waals surface area contributed by atoms with E-state index in [1.165, 1.54) is 0 Å². The number of anilines is 1. The molecule has 0 bridgehead atoms. The molecular weight excluding hydrogens is 327 g/mol. The average Bonchev–Trinajstić information content (AvgIpc) is 2.97. The number of halogens is 2. The lowest BCUT2D eigenvalue weighted by molar-refractivity contribution is -0.125. The molecular formula is C15H14Cl2N2O3. The van der Waals surface area contributed by atoms with Crippen molar-refractivity contribution in [2.75, 3.05) is 5.32 Å². The molecule has 2 N–H and O–H groups in total. The molecule has 1 aromatic carbocycles. The first-order chi connectivity index (χ1) is 10.3. The minimum atomic E-state index is -0.938. The third-order valence-electron chi connectivity index (χ3n) is 3.91. The summed E-state index contributed by atoms with van der Waals surface area (Å²) in [5.74, 6) is -1.33. The van der Waals surface area contributed by atoms with E-state index < -0.39 is 4.33 Å². The van der Waals surface area contributed by atoms with Gasteiger partial charge in [0.2, 0.25) is 17.7 Å². The standard InChI is InChI=1S/C15H14Cl2N2O3/c16-15(17)7-11(15)14(22)18-10-3-1-8(2-4-10)5-9-6-12(20)19-13(9)21/h1-4,9,11H,5-7H2,(H,18,22)(H,19,20,21)/t9-,11+/m1/s1. The predicted molar refractivity (Wildman–Crippen MR) is 82.6 cm³/mol. The van der Waals surface area contributed by atoms with Crippen LogP contribution in [0, 0.1) is 11.8 Å². The molecule has 1 heterocycles. The monoisotopic (exact) mass is 340 g/mol. The number of nitrogens with one attached hydrogen (secondary N) is 2. The molecule has 22 heavy (non-hydrogen) atoms. The Balaban J connectivity index is 1.57. The van der Waals surface area contributed by atoms with Crippen molar-refractivity contribution in [3.63, 3.8) is 0 Å². The Morgan fingerprint density at radius 1 is 1.27 bits per heavy atom. The fraction of sp³-hybridized carbons (Fsp3) is 0.400. The third kappa shape index (κ3) is 3.25. The van der Waals surface area contributed by atoms with E-state index in [9.17, 15) is 14.4 Å². The number of alkyl halides is 2. The van der Waals surface area contributed by atoms with Gasteiger partial charge in [0.05, 0.1) is 11.8 Å². The summed E-state index contributed by atoms with van der Waals surface area (Å²) in [6, 6.07) is 7.17. The molecule has 1 aliphatic heterocycles. The first-order valence-electron chi connectivity index (χ1n) is 6.96. The van der Waals surface area contributed by atoms with E-state index in [4.69, 9.17) is 23.2 Å². The number of amides is 3. The Labute approximate surface area is 137 Å². The fourth-order valence-corrected chi connectivity index (χ4v) is 3.01. The summed E-state index contributed by atoms with van der Waals surface area (Å²) in [5.41, 5.74) is 1.58. The maximum absolute atomic E-state index is 11.9. The summed E-state index contributed by atoms with van der Waals surface area (Å²) < 4.78 is -0.938.